The van der Waals surface area contributed by atoms with Gasteiger partial charge in [-0.3, -0.25) is 9.59 Å². The Labute approximate surface area is 142 Å². The third-order valence-corrected chi connectivity index (χ3v) is 4.46. The van der Waals surface area contributed by atoms with E-state index in [1.807, 2.05) is 50.4 Å². The van der Waals surface area contributed by atoms with Gasteiger partial charge in [0.05, 0.1) is 6.42 Å². The quantitative estimate of drug-likeness (QED) is 0.941. The lowest BCUT2D eigenvalue weighted by molar-refractivity contribution is -0.120. The highest BCUT2D eigenvalue weighted by molar-refractivity contribution is 5.95. The summed E-state index contributed by atoms with van der Waals surface area (Å²) in [6.45, 7) is 2.54. The van der Waals surface area contributed by atoms with Gasteiger partial charge in [0.15, 0.2) is 0 Å². The van der Waals surface area contributed by atoms with E-state index < -0.39 is 0 Å². The summed E-state index contributed by atoms with van der Waals surface area (Å²) in [5.74, 6) is 0.172. The molecule has 0 radical (unpaired) electrons. The van der Waals surface area contributed by atoms with E-state index >= 15 is 0 Å². The van der Waals surface area contributed by atoms with Gasteiger partial charge in [-0.1, -0.05) is 42.0 Å². The predicted molar refractivity (Wildman–Crippen MR) is 94.9 cm³/mol. The highest BCUT2D eigenvalue weighted by atomic mass is 16.2. The number of carbonyl (C=O) groups excluding carboxylic acids is 2. The first-order valence-electron chi connectivity index (χ1n) is 8.23. The molecule has 4 nitrogen and oxygen atoms in total. The molecule has 0 spiro atoms. The minimum absolute atomic E-state index is 0.0175. The van der Waals surface area contributed by atoms with E-state index in [2.05, 4.69) is 11.4 Å². The molecule has 0 saturated heterocycles. The summed E-state index contributed by atoms with van der Waals surface area (Å²) in [5, 5.41) is 2.97. The summed E-state index contributed by atoms with van der Waals surface area (Å²) in [6, 6.07) is 14.0. The van der Waals surface area contributed by atoms with Crippen molar-refractivity contribution in [2.45, 2.75) is 32.7 Å². The number of aryl methyl sites for hydroxylation is 2. The van der Waals surface area contributed by atoms with Crippen molar-refractivity contribution < 1.29 is 9.59 Å². The number of anilines is 1. The van der Waals surface area contributed by atoms with Gasteiger partial charge in [-0.25, -0.2) is 0 Å². The van der Waals surface area contributed by atoms with Gasteiger partial charge in [0.2, 0.25) is 11.8 Å². The van der Waals surface area contributed by atoms with Crippen molar-refractivity contribution in [1.82, 2.24) is 5.32 Å². The largest absolute Gasteiger partial charge is 0.352 e. The van der Waals surface area contributed by atoms with Crippen LogP contribution in [0.5, 0.6) is 0 Å². The Morgan fingerprint density at radius 3 is 2.54 bits per heavy atom. The molecule has 2 aromatic carbocycles. The third kappa shape index (κ3) is 3.65. The molecule has 0 aliphatic carbocycles. The fraction of sp³-hybridized carbons (Fsp3) is 0.300. The van der Waals surface area contributed by atoms with Crippen molar-refractivity contribution in [3.8, 4) is 0 Å². The number of benzene rings is 2. The summed E-state index contributed by atoms with van der Waals surface area (Å²) in [7, 11) is 1.81. The molecule has 0 saturated carbocycles. The molecule has 1 aliphatic heterocycles. The molecular weight excluding hydrogens is 300 g/mol. The zero-order chi connectivity index (χ0) is 17.1. The fourth-order valence-electron chi connectivity index (χ4n) is 2.97. The maximum Gasteiger partial charge on any atom is 0.227 e. The second-order valence-corrected chi connectivity index (χ2v) is 6.35. The van der Waals surface area contributed by atoms with Crippen molar-refractivity contribution in [2.24, 2.45) is 0 Å². The molecule has 4 heteroatoms. The van der Waals surface area contributed by atoms with E-state index in [4.69, 9.17) is 0 Å². The standard InChI is InChI=1S/C20H22N2O2/c1-14-3-5-15(6-4-14)12-19(23)21-13-16-7-9-18-17(11-16)8-10-20(24)22(18)2/h3-7,9,11H,8,10,12-13H2,1-2H3,(H,21,23). The summed E-state index contributed by atoms with van der Waals surface area (Å²) in [4.78, 5) is 25.5. The number of amides is 2. The molecule has 1 heterocycles. The SMILES string of the molecule is Cc1ccc(CC(=O)NCc2ccc3c(c2)CCC(=O)N3C)cc1. The van der Waals surface area contributed by atoms with Crippen LogP contribution >= 0.6 is 0 Å². The lowest BCUT2D eigenvalue weighted by atomic mass is 9.99. The average Bonchev–Trinajstić information content (AvgIpc) is 2.58. The fourth-order valence-corrected chi connectivity index (χ4v) is 2.97. The second-order valence-electron chi connectivity index (χ2n) is 6.35. The maximum absolute atomic E-state index is 12.1. The molecule has 1 N–H and O–H groups in total. The Kier molecular flexibility index (Phi) is 4.65. The summed E-state index contributed by atoms with van der Waals surface area (Å²) >= 11 is 0. The molecule has 0 atom stereocenters. The minimum Gasteiger partial charge on any atom is -0.352 e. The van der Waals surface area contributed by atoms with Gasteiger partial charge in [-0.05, 0) is 36.1 Å². The molecule has 3 rings (SSSR count). The average molecular weight is 322 g/mol. The molecular formula is C20H22N2O2. The topological polar surface area (TPSA) is 49.4 Å². The van der Waals surface area contributed by atoms with Crippen molar-refractivity contribution in [2.75, 3.05) is 11.9 Å². The number of fused-ring (bicyclic) bond motifs is 1. The Hall–Kier alpha value is -2.62. The highest BCUT2D eigenvalue weighted by Crippen LogP contribution is 2.27. The molecule has 1 aliphatic rings. The minimum atomic E-state index is 0.0175. The monoisotopic (exact) mass is 322 g/mol. The van der Waals surface area contributed by atoms with E-state index in [1.165, 1.54) is 11.1 Å². The van der Waals surface area contributed by atoms with Crippen LogP contribution in [-0.2, 0) is 29.0 Å². The first-order valence-corrected chi connectivity index (χ1v) is 8.23. The smallest absolute Gasteiger partial charge is 0.227 e. The van der Waals surface area contributed by atoms with Crippen LogP contribution in [0.4, 0.5) is 5.69 Å². The molecule has 2 aromatic rings. The molecule has 0 fully saturated rings. The van der Waals surface area contributed by atoms with Crippen LogP contribution in [0.3, 0.4) is 0 Å². The van der Waals surface area contributed by atoms with Gasteiger partial charge in [0.25, 0.3) is 0 Å². The predicted octanol–water partition coefficient (Wildman–Crippen LogP) is 2.76. The van der Waals surface area contributed by atoms with Gasteiger partial charge >= 0.3 is 0 Å². The van der Waals surface area contributed by atoms with E-state index in [1.54, 1.807) is 4.90 Å². The summed E-state index contributed by atoms with van der Waals surface area (Å²) < 4.78 is 0. The Morgan fingerprint density at radius 2 is 1.79 bits per heavy atom. The molecule has 2 amide bonds. The maximum atomic E-state index is 12.1. The van der Waals surface area contributed by atoms with E-state index in [0.717, 1.165) is 23.2 Å². The van der Waals surface area contributed by atoms with E-state index in [-0.39, 0.29) is 11.8 Å². The summed E-state index contributed by atoms with van der Waals surface area (Å²) in [5.41, 5.74) is 5.41. The lowest BCUT2D eigenvalue weighted by Crippen LogP contribution is -2.31. The normalized spacial score (nSPS) is 13.6. The number of carbonyl (C=O) groups is 2. The van der Waals surface area contributed by atoms with Crippen molar-refractivity contribution >= 4 is 17.5 Å². The second kappa shape index (κ2) is 6.87. The Balaban J connectivity index is 1.59. The van der Waals surface area contributed by atoms with Crippen LogP contribution in [0.1, 0.15) is 28.7 Å². The van der Waals surface area contributed by atoms with Gasteiger partial charge in [0, 0.05) is 25.7 Å². The van der Waals surface area contributed by atoms with Crippen LogP contribution in [0.2, 0.25) is 0 Å². The van der Waals surface area contributed by atoms with E-state index in [9.17, 15) is 9.59 Å². The number of rotatable bonds is 4. The number of nitrogens with zero attached hydrogens (tertiary/aromatic N) is 1. The van der Waals surface area contributed by atoms with E-state index in [0.29, 0.717) is 19.4 Å². The number of hydrogen-bond donors (Lipinski definition) is 1. The zero-order valence-corrected chi connectivity index (χ0v) is 14.1. The van der Waals surface area contributed by atoms with Gasteiger partial charge in [-0.2, -0.15) is 0 Å². The van der Waals surface area contributed by atoms with Crippen molar-refractivity contribution in [3.05, 3.63) is 64.7 Å². The van der Waals surface area contributed by atoms with Gasteiger partial charge in [0.1, 0.15) is 0 Å². The van der Waals surface area contributed by atoms with Gasteiger partial charge in [-0.15, -0.1) is 0 Å². The van der Waals surface area contributed by atoms with Gasteiger partial charge < -0.3 is 10.2 Å². The summed E-state index contributed by atoms with van der Waals surface area (Å²) in [6.07, 6.45) is 1.71. The van der Waals surface area contributed by atoms with Crippen LogP contribution < -0.4 is 10.2 Å². The van der Waals surface area contributed by atoms with Crippen LogP contribution in [0, 0.1) is 6.92 Å². The van der Waals surface area contributed by atoms with Crippen LogP contribution in [-0.4, -0.2) is 18.9 Å². The van der Waals surface area contributed by atoms with Crippen molar-refractivity contribution in [3.63, 3.8) is 0 Å². The van der Waals surface area contributed by atoms with Crippen LogP contribution in [0.15, 0.2) is 42.5 Å². The molecule has 24 heavy (non-hydrogen) atoms. The van der Waals surface area contributed by atoms with Crippen molar-refractivity contribution in [1.29, 1.82) is 0 Å². The lowest BCUT2D eigenvalue weighted by Gasteiger charge is -2.26. The Morgan fingerprint density at radius 1 is 1.08 bits per heavy atom. The zero-order valence-electron chi connectivity index (χ0n) is 14.1. The molecule has 124 valence electrons. The van der Waals surface area contributed by atoms with Crippen LogP contribution in [0.25, 0.3) is 0 Å². The number of nitrogens with one attached hydrogen (secondary N) is 1. The number of hydrogen-bond acceptors (Lipinski definition) is 2. The molecule has 0 aromatic heterocycles. The molecule has 0 bridgehead atoms. The molecule has 0 unspecified atom stereocenters. The highest BCUT2D eigenvalue weighted by Gasteiger charge is 2.20. The Bertz CT molecular complexity index is 766. The first kappa shape index (κ1) is 16.2. The third-order valence-electron chi connectivity index (χ3n) is 4.46. The first-order chi connectivity index (χ1) is 11.5.